The van der Waals surface area contributed by atoms with E-state index in [4.69, 9.17) is 23.7 Å². The average Bonchev–Trinajstić information content (AvgIpc) is 3.71. The van der Waals surface area contributed by atoms with Crippen LogP contribution in [0.15, 0.2) is 54.6 Å². The summed E-state index contributed by atoms with van der Waals surface area (Å²) in [6.07, 6.45) is -0.513. The molecule has 14 heteroatoms. The summed E-state index contributed by atoms with van der Waals surface area (Å²) in [6.45, 7) is 4.16. The molecule has 0 bridgehead atoms. The number of carbonyl (C=O) groups excluding carboxylic acids is 3. The summed E-state index contributed by atoms with van der Waals surface area (Å²) in [6, 6.07) is 13.6. The van der Waals surface area contributed by atoms with Gasteiger partial charge in [0.1, 0.15) is 11.9 Å². The highest BCUT2D eigenvalue weighted by Crippen LogP contribution is 2.36. The fourth-order valence-electron chi connectivity index (χ4n) is 5.33. The zero-order chi connectivity index (χ0) is 32.4. The Bertz CT molecular complexity index is 1650. The van der Waals surface area contributed by atoms with Crippen molar-refractivity contribution in [2.75, 3.05) is 56.3 Å². The summed E-state index contributed by atoms with van der Waals surface area (Å²) in [4.78, 5) is 42.8. The van der Waals surface area contributed by atoms with Crippen molar-refractivity contribution in [3.8, 4) is 28.7 Å². The number of fused-ring (bicyclic) bond motifs is 3. The van der Waals surface area contributed by atoms with Crippen LogP contribution < -0.4 is 39.6 Å². The van der Waals surface area contributed by atoms with Gasteiger partial charge in [-0.25, -0.2) is 9.59 Å². The Kier molecular flexibility index (Phi) is 8.61. The number of nitrogens with zero attached hydrogens (tertiary/aromatic N) is 2. The van der Waals surface area contributed by atoms with Gasteiger partial charge >= 0.3 is 12.1 Å². The Labute approximate surface area is 265 Å². The van der Waals surface area contributed by atoms with Crippen LogP contribution in [-0.4, -0.2) is 85.4 Å². The minimum atomic E-state index is -0.528. The molecule has 0 aromatic heterocycles. The van der Waals surface area contributed by atoms with E-state index in [1.807, 2.05) is 6.92 Å². The van der Waals surface area contributed by atoms with Gasteiger partial charge in [-0.3, -0.25) is 4.79 Å². The first-order chi connectivity index (χ1) is 22.2. The minimum Gasteiger partial charge on any atom is -0.487 e. The maximum absolute atomic E-state index is 13.8. The Balaban J connectivity index is 1.18. The number of anilines is 3. The summed E-state index contributed by atoms with van der Waals surface area (Å²) in [5.74, 6) is 2.02. The van der Waals surface area contributed by atoms with E-state index in [2.05, 4.69) is 16.0 Å². The molecule has 0 saturated carbocycles. The van der Waals surface area contributed by atoms with Crippen molar-refractivity contribution >= 4 is 35.0 Å². The molecular weight excluding hydrogens is 598 g/mol. The van der Waals surface area contributed by atoms with Crippen LogP contribution in [0.4, 0.5) is 26.7 Å². The van der Waals surface area contributed by atoms with Crippen molar-refractivity contribution in [2.24, 2.45) is 5.92 Å². The minimum absolute atomic E-state index is 0.117. The largest absolute Gasteiger partial charge is 0.487 e. The van der Waals surface area contributed by atoms with E-state index in [0.29, 0.717) is 45.8 Å². The normalized spacial score (nSPS) is 18.4. The Hall–Kier alpha value is -5.37. The molecule has 0 aliphatic carbocycles. The third kappa shape index (κ3) is 6.52. The first-order valence-corrected chi connectivity index (χ1v) is 14.8. The number of amides is 5. The van der Waals surface area contributed by atoms with Crippen LogP contribution in [0, 0.1) is 5.92 Å². The third-order valence-corrected chi connectivity index (χ3v) is 7.98. The van der Waals surface area contributed by atoms with E-state index < -0.39 is 18.2 Å². The van der Waals surface area contributed by atoms with Crippen LogP contribution in [-0.2, 0) is 0 Å². The van der Waals surface area contributed by atoms with E-state index in [1.54, 1.807) is 67.4 Å². The quantitative estimate of drug-likeness (QED) is 0.299. The molecule has 3 aliphatic heterocycles. The van der Waals surface area contributed by atoms with Gasteiger partial charge < -0.3 is 54.5 Å². The van der Waals surface area contributed by atoms with Gasteiger partial charge in [-0.2, -0.15) is 0 Å². The molecule has 3 heterocycles. The zero-order valence-corrected chi connectivity index (χ0v) is 25.6. The van der Waals surface area contributed by atoms with Crippen molar-refractivity contribution in [3.63, 3.8) is 0 Å². The Morgan fingerprint density at radius 2 is 1.41 bits per heavy atom. The van der Waals surface area contributed by atoms with Gasteiger partial charge in [-0.15, -0.1) is 0 Å². The molecule has 14 nitrogen and oxygen atoms in total. The Morgan fingerprint density at radius 1 is 0.870 bits per heavy atom. The second-order valence-corrected chi connectivity index (χ2v) is 11.4. The number of carbonyl (C=O) groups is 3. The predicted octanol–water partition coefficient (Wildman–Crippen LogP) is 4.17. The van der Waals surface area contributed by atoms with Gasteiger partial charge in [0, 0.05) is 48.7 Å². The van der Waals surface area contributed by atoms with Crippen LogP contribution in [0.25, 0.3) is 0 Å². The SMILES string of the molecule is C[C@@H]1CN([C@@H](C)CO)C(=O)c2cc(NC(=O)Nc3ccc4c(c3)OCO4)ccc2O[C@H]1CN(C)C(=O)Nc1ccc2c(c1)OCO2. The van der Waals surface area contributed by atoms with Crippen molar-refractivity contribution in [1.29, 1.82) is 0 Å². The van der Waals surface area contributed by atoms with Crippen LogP contribution in [0.5, 0.6) is 28.7 Å². The second kappa shape index (κ2) is 12.9. The molecule has 3 aromatic rings. The lowest BCUT2D eigenvalue weighted by atomic mass is 9.99. The first-order valence-electron chi connectivity index (χ1n) is 14.8. The number of rotatable bonds is 7. The third-order valence-electron chi connectivity index (χ3n) is 7.98. The van der Waals surface area contributed by atoms with Gasteiger partial charge in [0.2, 0.25) is 13.6 Å². The number of nitrogens with one attached hydrogen (secondary N) is 3. The first kappa shape index (κ1) is 30.6. The van der Waals surface area contributed by atoms with E-state index in [-0.39, 0.29) is 56.7 Å². The highest BCUT2D eigenvalue weighted by molar-refractivity contribution is 6.02. The molecule has 6 rings (SSSR count). The molecular formula is C32H35N5O9. The molecule has 46 heavy (non-hydrogen) atoms. The smallest absolute Gasteiger partial charge is 0.323 e. The number of hydrogen-bond donors (Lipinski definition) is 4. The van der Waals surface area contributed by atoms with Crippen LogP contribution in [0.2, 0.25) is 0 Å². The van der Waals surface area contributed by atoms with Gasteiger partial charge in [0.15, 0.2) is 23.0 Å². The average molecular weight is 634 g/mol. The van der Waals surface area contributed by atoms with Crippen LogP contribution in [0.3, 0.4) is 0 Å². The van der Waals surface area contributed by atoms with Crippen molar-refractivity contribution in [3.05, 3.63) is 60.2 Å². The number of ether oxygens (including phenoxy) is 5. The summed E-state index contributed by atoms with van der Waals surface area (Å²) >= 11 is 0. The van der Waals surface area contributed by atoms with Crippen LogP contribution >= 0.6 is 0 Å². The summed E-state index contributed by atoms with van der Waals surface area (Å²) < 4.78 is 27.8. The monoisotopic (exact) mass is 633 g/mol. The molecule has 0 saturated heterocycles. The number of likely N-dealkylation sites (N-methyl/N-ethyl adjacent to an activating group) is 1. The van der Waals surface area contributed by atoms with Crippen LogP contribution in [0.1, 0.15) is 24.2 Å². The number of hydrogen-bond acceptors (Lipinski definition) is 9. The van der Waals surface area contributed by atoms with E-state index >= 15 is 0 Å². The summed E-state index contributed by atoms with van der Waals surface area (Å²) in [5.41, 5.74) is 1.62. The highest BCUT2D eigenvalue weighted by atomic mass is 16.7. The number of benzene rings is 3. The number of urea groups is 2. The second-order valence-electron chi connectivity index (χ2n) is 11.4. The molecule has 0 fully saturated rings. The van der Waals surface area contributed by atoms with Gasteiger partial charge in [0.05, 0.1) is 24.8 Å². The number of aliphatic hydroxyl groups excluding tert-OH is 1. The lowest BCUT2D eigenvalue weighted by Crippen LogP contribution is -2.50. The Morgan fingerprint density at radius 3 is 2.02 bits per heavy atom. The molecule has 242 valence electrons. The van der Waals surface area contributed by atoms with Crippen molar-refractivity contribution in [1.82, 2.24) is 9.80 Å². The van der Waals surface area contributed by atoms with Crippen molar-refractivity contribution in [2.45, 2.75) is 26.0 Å². The highest BCUT2D eigenvalue weighted by Gasteiger charge is 2.34. The molecule has 3 atom stereocenters. The predicted molar refractivity (Wildman–Crippen MR) is 167 cm³/mol. The fraction of sp³-hybridized carbons (Fsp3) is 0.344. The lowest BCUT2D eigenvalue weighted by molar-refractivity contribution is 0.0371. The molecule has 4 N–H and O–H groups in total. The standard InChI is InChI=1S/C32H35N5O9/c1-18-13-37(19(2)15-38)30(39)23-10-20(33-31(40)34-21-5-8-25-27(11-21)44-16-42-25)4-7-24(23)46-29(18)14-36(3)32(41)35-22-6-9-26-28(12-22)45-17-43-26/h4-12,18-19,29,38H,13-17H2,1-3H3,(H,35,41)(H2,33,34,40)/t18-,19+,29+/m1/s1. The maximum Gasteiger partial charge on any atom is 0.323 e. The number of aliphatic hydroxyl groups is 1. The molecule has 0 unspecified atom stereocenters. The van der Waals surface area contributed by atoms with Gasteiger partial charge in [-0.05, 0) is 49.4 Å². The lowest BCUT2D eigenvalue weighted by Gasteiger charge is -2.38. The molecule has 5 amide bonds. The summed E-state index contributed by atoms with van der Waals surface area (Å²) in [7, 11) is 1.66. The van der Waals surface area contributed by atoms with Gasteiger partial charge in [-0.1, -0.05) is 6.92 Å². The van der Waals surface area contributed by atoms with E-state index in [9.17, 15) is 19.5 Å². The topological polar surface area (TPSA) is 160 Å². The molecule has 3 aromatic carbocycles. The van der Waals surface area contributed by atoms with E-state index in [0.717, 1.165) is 0 Å². The maximum atomic E-state index is 13.8. The zero-order valence-electron chi connectivity index (χ0n) is 25.6. The molecule has 0 spiro atoms. The van der Waals surface area contributed by atoms with Gasteiger partial charge in [0.25, 0.3) is 5.91 Å². The van der Waals surface area contributed by atoms with Crippen molar-refractivity contribution < 1.29 is 43.2 Å². The summed E-state index contributed by atoms with van der Waals surface area (Å²) in [5, 5.41) is 18.3. The molecule has 3 aliphatic rings. The van der Waals surface area contributed by atoms with E-state index in [1.165, 1.54) is 11.0 Å². The molecule has 0 radical (unpaired) electrons. The fourth-order valence-corrected chi connectivity index (χ4v) is 5.33.